The minimum absolute atomic E-state index is 0.124. The lowest BCUT2D eigenvalue weighted by Gasteiger charge is -2.21. The number of piperidine rings is 1. The van der Waals surface area contributed by atoms with E-state index in [9.17, 15) is 4.79 Å². The molecule has 1 saturated heterocycles. The van der Waals surface area contributed by atoms with Crippen molar-refractivity contribution in [1.29, 1.82) is 0 Å². The maximum Gasteiger partial charge on any atom is 0.224 e. The summed E-state index contributed by atoms with van der Waals surface area (Å²) in [5.74, 6) is 0.288. The third kappa shape index (κ3) is 2.63. The second-order valence-corrected chi connectivity index (χ2v) is 5.12. The van der Waals surface area contributed by atoms with E-state index in [1.807, 2.05) is 24.4 Å². The third-order valence-corrected chi connectivity index (χ3v) is 3.80. The van der Waals surface area contributed by atoms with E-state index in [0.717, 1.165) is 37.0 Å². The van der Waals surface area contributed by atoms with E-state index in [0.29, 0.717) is 6.54 Å². The highest BCUT2D eigenvalue weighted by atomic mass is 16.1. The molecule has 1 fully saturated rings. The summed E-state index contributed by atoms with van der Waals surface area (Å²) in [5.41, 5.74) is 2.26. The second-order valence-electron chi connectivity index (χ2n) is 5.12. The van der Waals surface area contributed by atoms with Crippen molar-refractivity contribution in [2.75, 3.05) is 13.1 Å². The summed E-state index contributed by atoms with van der Waals surface area (Å²) in [6.07, 6.45) is 4.06. The molecule has 1 aliphatic rings. The number of aromatic nitrogens is 1. The van der Waals surface area contributed by atoms with Crippen LogP contribution in [0.3, 0.4) is 0 Å². The Morgan fingerprint density at radius 3 is 3.11 bits per heavy atom. The van der Waals surface area contributed by atoms with E-state index in [1.54, 1.807) is 0 Å². The molecule has 100 valence electrons. The molecular formula is C15H19N3O. The van der Waals surface area contributed by atoms with Crippen molar-refractivity contribution in [2.24, 2.45) is 5.92 Å². The van der Waals surface area contributed by atoms with Gasteiger partial charge in [0.05, 0.1) is 5.92 Å². The molecule has 19 heavy (non-hydrogen) atoms. The molecule has 2 aromatic rings. The number of benzene rings is 1. The van der Waals surface area contributed by atoms with Gasteiger partial charge in [-0.1, -0.05) is 18.2 Å². The van der Waals surface area contributed by atoms with Gasteiger partial charge in [0.15, 0.2) is 0 Å². The molecule has 1 unspecified atom stereocenters. The first kappa shape index (κ1) is 12.2. The average Bonchev–Trinajstić information content (AvgIpc) is 2.89. The predicted octanol–water partition coefficient (Wildman–Crippen LogP) is 1.78. The first-order valence-corrected chi connectivity index (χ1v) is 6.88. The molecule has 1 aromatic heterocycles. The van der Waals surface area contributed by atoms with Crippen molar-refractivity contribution in [3.8, 4) is 0 Å². The summed E-state index contributed by atoms with van der Waals surface area (Å²) in [6.45, 7) is 2.44. The Bertz CT molecular complexity index is 570. The first-order chi connectivity index (χ1) is 9.34. The van der Waals surface area contributed by atoms with Crippen molar-refractivity contribution >= 4 is 16.8 Å². The molecule has 3 N–H and O–H groups in total. The molecule has 1 aromatic carbocycles. The van der Waals surface area contributed by atoms with Gasteiger partial charge >= 0.3 is 0 Å². The van der Waals surface area contributed by atoms with Gasteiger partial charge in [0.25, 0.3) is 0 Å². The predicted molar refractivity (Wildman–Crippen MR) is 75.7 cm³/mol. The van der Waals surface area contributed by atoms with Gasteiger partial charge in [-0.3, -0.25) is 4.79 Å². The van der Waals surface area contributed by atoms with Crippen LogP contribution < -0.4 is 10.6 Å². The van der Waals surface area contributed by atoms with Gasteiger partial charge in [0, 0.05) is 30.2 Å². The van der Waals surface area contributed by atoms with Gasteiger partial charge < -0.3 is 15.6 Å². The summed E-state index contributed by atoms with van der Waals surface area (Å²) in [7, 11) is 0. The average molecular weight is 257 g/mol. The highest BCUT2D eigenvalue weighted by Gasteiger charge is 2.20. The van der Waals surface area contributed by atoms with E-state index >= 15 is 0 Å². The van der Waals surface area contributed by atoms with Crippen molar-refractivity contribution in [2.45, 2.75) is 19.4 Å². The molecule has 0 spiro atoms. The van der Waals surface area contributed by atoms with E-state index < -0.39 is 0 Å². The molecule has 0 radical (unpaired) electrons. The fourth-order valence-electron chi connectivity index (χ4n) is 2.68. The number of carbonyl (C=O) groups is 1. The Morgan fingerprint density at radius 1 is 1.37 bits per heavy atom. The zero-order valence-corrected chi connectivity index (χ0v) is 10.9. The van der Waals surface area contributed by atoms with Crippen LogP contribution in [0.15, 0.2) is 30.5 Å². The molecule has 4 nitrogen and oxygen atoms in total. The highest BCUT2D eigenvalue weighted by molar-refractivity contribution is 5.84. The van der Waals surface area contributed by atoms with Crippen LogP contribution in [0.4, 0.5) is 0 Å². The number of fused-ring (bicyclic) bond motifs is 1. The van der Waals surface area contributed by atoms with Crippen LogP contribution in [-0.4, -0.2) is 24.0 Å². The summed E-state index contributed by atoms with van der Waals surface area (Å²) in [5, 5.41) is 7.50. The van der Waals surface area contributed by atoms with Crippen LogP contribution in [0, 0.1) is 5.92 Å². The topological polar surface area (TPSA) is 56.9 Å². The van der Waals surface area contributed by atoms with Crippen molar-refractivity contribution in [1.82, 2.24) is 15.6 Å². The Kier molecular flexibility index (Phi) is 3.51. The van der Waals surface area contributed by atoms with E-state index in [4.69, 9.17) is 0 Å². The molecule has 4 heteroatoms. The molecule has 1 atom stereocenters. The number of para-hydroxylation sites is 1. The maximum absolute atomic E-state index is 12.1. The SMILES string of the molecule is O=C(NCc1c[nH]c2ccccc12)C1CCCNC1. The van der Waals surface area contributed by atoms with Gasteiger partial charge in [-0.05, 0) is 31.0 Å². The van der Waals surface area contributed by atoms with Gasteiger partial charge in [-0.2, -0.15) is 0 Å². The van der Waals surface area contributed by atoms with Crippen molar-refractivity contribution in [3.63, 3.8) is 0 Å². The minimum Gasteiger partial charge on any atom is -0.361 e. The number of aromatic amines is 1. The molecular weight excluding hydrogens is 238 g/mol. The van der Waals surface area contributed by atoms with Gasteiger partial charge in [-0.25, -0.2) is 0 Å². The number of amides is 1. The van der Waals surface area contributed by atoms with Gasteiger partial charge in [0.1, 0.15) is 0 Å². The fourth-order valence-corrected chi connectivity index (χ4v) is 2.68. The Hall–Kier alpha value is -1.81. The van der Waals surface area contributed by atoms with E-state index in [1.165, 1.54) is 5.39 Å². The van der Waals surface area contributed by atoms with E-state index in [2.05, 4.69) is 21.7 Å². The zero-order valence-electron chi connectivity index (χ0n) is 10.9. The van der Waals surface area contributed by atoms with Crippen LogP contribution in [0.25, 0.3) is 10.9 Å². The van der Waals surface area contributed by atoms with Crippen molar-refractivity contribution in [3.05, 3.63) is 36.0 Å². The van der Waals surface area contributed by atoms with Crippen LogP contribution in [-0.2, 0) is 11.3 Å². The fraction of sp³-hybridized carbons (Fsp3) is 0.400. The number of nitrogens with one attached hydrogen (secondary N) is 3. The lowest BCUT2D eigenvalue weighted by atomic mass is 9.99. The number of hydrogen-bond donors (Lipinski definition) is 3. The Balaban J connectivity index is 1.64. The van der Waals surface area contributed by atoms with Crippen LogP contribution in [0.5, 0.6) is 0 Å². The quantitative estimate of drug-likeness (QED) is 0.785. The van der Waals surface area contributed by atoms with Gasteiger partial charge in [-0.15, -0.1) is 0 Å². The summed E-state index contributed by atoms with van der Waals surface area (Å²) >= 11 is 0. The number of rotatable bonds is 3. The smallest absolute Gasteiger partial charge is 0.224 e. The highest BCUT2D eigenvalue weighted by Crippen LogP contribution is 2.17. The number of H-pyrrole nitrogens is 1. The Morgan fingerprint density at radius 2 is 2.26 bits per heavy atom. The lowest BCUT2D eigenvalue weighted by Crippen LogP contribution is -2.40. The standard InChI is InChI=1S/C15H19N3O/c19-15(11-4-3-7-16-8-11)18-10-12-9-17-14-6-2-1-5-13(12)14/h1-2,5-6,9,11,16-17H,3-4,7-8,10H2,(H,18,19). The third-order valence-electron chi connectivity index (χ3n) is 3.80. The molecule has 2 heterocycles. The number of hydrogen-bond acceptors (Lipinski definition) is 2. The summed E-state index contributed by atoms with van der Waals surface area (Å²) < 4.78 is 0. The molecule has 0 saturated carbocycles. The molecule has 0 bridgehead atoms. The minimum atomic E-state index is 0.124. The van der Waals surface area contributed by atoms with Crippen LogP contribution in [0.1, 0.15) is 18.4 Å². The Labute approximate surface area is 112 Å². The molecule has 3 rings (SSSR count). The monoisotopic (exact) mass is 257 g/mol. The molecule has 1 aliphatic heterocycles. The van der Waals surface area contributed by atoms with Crippen LogP contribution in [0.2, 0.25) is 0 Å². The lowest BCUT2D eigenvalue weighted by molar-refractivity contribution is -0.125. The molecule has 1 amide bonds. The van der Waals surface area contributed by atoms with Crippen molar-refractivity contribution < 1.29 is 4.79 Å². The normalized spacial score (nSPS) is 19.5. The first-order valence-electron chi connectivity index (χ1n) is 6.88. The summed E-state index contributed by atoms with van der Waals surface area (Å²) in [6, 6.07) is 8.16. The van der Waals surface area contributed by atoms with Gasteiger partial charge in [0.2, 0.25) is 5.91 Å². The second kappa shape index (κ2) is 5.45. The summed E-state index contributed by atoms with van der Waals surface area (Å²) in [4.78, 5) is 15.3. The van der Waals surface area contributed by atoms with E-state index in [-0.39, 0.29) is 11.8 Å². The number of carbonyl (C=O) groups excluding carboxylic acids is 1. The molecule has 0 aliphatic carbocycles. The maximum atomic E-state index is 12.1. The zero-order chi connectivity index (χ0) is 13.1. The van der Waals surface area contributed by atoms with Crippen LogP contribution >= 0.6 is 0 Å². The largest absolute Gasteiger partial charge is 0.361 e.